The number of methoxy groups -OCH3 is 1. The van der Waals surface area contributed by atoms with Crippen LogP contribution in [-0.2, 0) is 14.3 Å². The molecular formula is C17H18ClF3N4O6. The average molecular weight is 467 g/mol. The molecule has 1 aromatic rings. The van der Waals surface area contributed by atoms with Gasteiger partial charge in [-0.3, -0.25) is 14.9 Å². The predicted molar refractivity (Wildman–Crippen MR) is 101 cm³/mol. The zero-order chi connectivity index (χ0) is 22.9. The van der Waals surface area contributed by atoms with Gasteiger partial charge < -0.3 is 24.2 Å². The van der Waals surface area contributed by atoms with Crippen molar-refractivity contribution in [2.45, 2.75) is 18.5 Å². The molecule has 14 heteroatoms. The van der Waals surface area contributed by atoms with Crippen LogP contribution in [0.3, 0.4) is 0 Å². The van der Waals surface area contributed by atoms with Crippen molar-refractivity contribution in [3.8, 4) is 0 Å². The monoisotopic (exact) mass is 466 g/mol. The van der Waals surface area contributed by atoms with Crippen molar-refractivity contribution in [1.29, 1.82) is 0 Å². The smallest absolute Gasteiger partial charge is 0.433 e. The molecule has 2 fully saturated rings. The fourth-order valence-corrected chi connectivity index (χ4v) is 3.69. The maximum Gasteiger partial charge on any atom is 0.433 e. The van der Waals surface area contributed by atoms with Crippen molar-refractivity contribution < 1.29 is 37.2 Å². The van der Waals surface area contributed by atoms with E-state index in [1.54, 1.807) is 0 Å². The Balaban J connectivity index is 1.76. The highest BCUT2D eigenvalue weighted by molar-refractivity contribution is 6.32. The van der Waals surface area contributed by atoms with Gasteiger partial charge in [0.15, 0.2) is 6.10 Å². The van der Waals surface area contributed by atoms with Crippen LogP contribution in [0.1, 0.15) is 0 Å². The number of halogens is 4. The summed E-state index contributed by atoms with van der Waals surface area (Å²) in [5, 5.41) is 10.6. The number of carbonyl (C=O) groups excluding carboxylic acids is 2. The molecule has 2 aliphatic heterocycles. The number of amides is 2. The largest absolute Gasteiger partial charge is 0.453 e. The minimum Gasteiger partial charge on any atom is -0.453 e. The summed E-state index contributed by atoms with van der Waals surface area (Å²) in [4.78, 5) is 37.9. The first kappa shape index (κ1) is 22.9. The summed E-state index contributed by atoms with van der Waals surface area (Å²) < 4.78 is 50.4. The highest BCUT2D eigenvalue weighted by Crippen LogP contribution is 2.38. The normalized spacial score (nSPS) is 21.9. The lowest BCUT2D eigenvalue weighted by atomic mass is 10.2. The molecular weight excluding hydrogens is 449 g/mol. The van der Waals surface area contributed by atoms with E-state index in [0.717, 1.165) is 23.1 Å². The SMILES string of the molecule is COC(=O)N1CCN(C(=O)[C@@H]2CN(c3ccc([N+](=O)[O-])c(Cl)c3)[C@@H](C(F)(F)F)O2)CC1. The standard InChI is InChI=1S/C17H18ClF3N4O6/c1-30-16(27)23-6-4-22(5-7-23)14(26)13-9-24(15(31-13)17(19,20)21)10-2-3-12(25(28)29)11(18)8-10/h2-3,8,13,15H,4-7,9H2,1H3/t13-,15+/m0/s1. The van der Waals surface area contributed by atoms with Crippen molar-refractivity contribution in [3.63, 3.8) is 0 Å². The first-order chi connectivity index (χ1) is 14.5. The molecule has 0 aromatic heterocycles. The first-order valence-electron chi connectivity index (χ1n) is 9.07. The molecule has 2 amide bonds. The van der Waals surface area contributed by atoms with E-state index in [0.29, 0.717) is 0 Å². The van der Waals surface area contributed by atoms with E-state index < -0.39 is 47.7 Å². The first-order valence-corrected chi connectivity index (χ1v) is 9.45. The van der Waals surface area contributed by atoms with Gasteiger partial charge in [-0.25, -0.2) is 4.79 Å². The highest BCUT2D eigenvalue weighted by atomic mass is 35.5. The molecule has 0 bridgehead atoms. The van der Waals surface area contributed by atoms with Gasteiger partial charge in [0.05, 0.1) is 18.6 Å². The van der Waals surface area contributed by atoms with Crippen molar-refractivity contribution in [2.75, 3.05) is 44.7 Å². The predicted octanol–water partition coefficient (Wildman–Crippen LogP) is 2.25. The van der Waals surface area contributed by atoms with E-state index in [1.807, 2.05) is 0 Å². The number of alkyl halides is 3. The Kier molecular flexibility index (Phi) is 6.46. The number of anilines is 1. The summed E-state index contributed by atoms with van der Waals surface area (Å²) in [5.41, 5.74) is -0.520. The summed E-state index contributed by atoms with van der Waals surface area (Å²) in [7, 11) is 1.22. The summed E-state index contributed by atoms with van der Waals surface area (Å²) in [5.74, 6) is -0.644. The topological polar surface area (TPSA) is 105 Å². The van der Waals surface area contributed by atoms with Gasteiger partial charge in [-0.05, 0) is 12.1 Å². The van der Waals surface area contributed by atoms with Gasteiger partial charge in [-0.1, -0.05) is 11.6 Å². The minimum absolute atomic E-state index is 0.0660. The van der Waals surface area contributed by atoms with E-state index in [9.17, 15) is 32.9 Å². The molecule has 0 unspecified atom stereocenters. The number of rotatable bonds is 3. The maximum absolute atomic E-state index is 13.6. The Bertz CT molecular complexity index is 878. The number of hydrogen-bond donors (Lipinski definition) is 0. The molecule has 2 saturated heterocycles. The zero-order valence-electron chi connectivity index (χ0n) is 16.2. The second kappa shape index (κ2) is 8.75. The summed E-state index contributed by atoms with van der Waals surface area (Å²) in [6, 6.07) is 3.14. The third-order valence-electron chi connectivity index (χ3n) is 4.98. The molecule has 2 aliphatic rings. The third-order valence-corrected chi connectivity index (χ3v) is 5.28. The van der Waals surface area contributed by atoms with E-state index >= 15 is 0 Å². The van der Waals surface area contributed by atoms with E-state index in [-0.39, 0.29) is 36.9 Å². The second-order valence-electron chi connectivity index (χ2n) is 6.85. The van der Waals surface area contributed by atoms with Gasteiger partial charge in [-0.2, -0.15) is 13.2 Å². The molecule has 1 aromatic carbocycles. The van der Waals surface area contributed by atoms with E-state index in [4.69, 9.17) is 16.3 Å². The van der Waals surface area contributed by atoms with Crippen LogP contribution in [0.5, 0.6) is 0 Å². The van der Waals surface area contributed by atoms with Gasteiger partial charge in [0, 0.05) is 37.9 Å². The van der Waals surface area contributed by atoms with E-state index in [1.165, 1.54) is 16.9 Å². The van der Waals surface area contributed by atoms with Crippen LogP contribution in [-0.4, -0.2) is 85.1 Å². The zero-order valence-corrected chi connectivity index (χ0v) is 16.9. The van der Waals surface area contributed by atoms with E-state index in [2.05, 4.69) is 4.74 Å². The lowest BCUT2D eigenvalue weighted by Crippen LogP contribution is -2.53. The molecule has 170 valence electrons. The second-order valence-corrected chi connectivity index (χ2v) is 7.25. The number of benzene rings is 1. The van der Waals surface area contributed by atoms with Crippen LogP contribution in [0.15, 0.2) is 18.2 Å². The summed E-state index contributed by atoms with van der Waals surface area (Å²) in [6.45, 7) is 0.168. The average Bonchev–Trinajstić information content (AvgIpc) is 3.18. The number of carbonyl (C=O) groups is 2. The fourth-order valence-electron chi connectivity index (χ4n) is 3.44. The summed E-state index contributed by atoms with van der Waals surface area (Å²) >= 11 is 5.83. The summed E-state index contributed by atoms with van der Waals surface area (Å²) in [6.07, 6.45) is -9.21. The number of nitrogens with zero attached hydrogens (tertiary/aromatic N) is 4. The Hall–Kier alpha value is -2.80. The number of nitro groups is 1. The molecule has 10 nitrogen and oxygen atoms in total. The Labute approximate surface area is 179 Å². The van der Waals surface area contributed by atoms with Gasteiger partial charge in [0.25, 0.3) is 11.6 Å². The van der Waals surface area contributed by atoms with Crippen LogP contribution in [0.25, 0.3) is 0 Å². The van der Waals surface area contributed by atoms with Crippen LogP contribution < -0.4 is 4.90 Å². The molecule has 2 atom stereocenters. The number of hydrogen-bond acceptors (Lipinski definition) is 7. The Morgan fingerprint density at radius 3 is 2.35 bits per heavy atom. The lowest BCUT2D eigenvalue weighted by Gasteiger charge is -2.34. The van der Waals surface area contributed by atoms with Crippen LogP contribution in [0.2, 0.25) is 5.02 Å². The lowest BCUT2D eigenvalue weighted by molar-refractivity contribution is -0.384. The molecule has 0 aliphatic carbocycles. The van der Waals surface area contributed by atoms with Crippen LogP contribution >= 0.6 is 11.6 Å². The molecule has 0 saturated carbocycles. The van der Waals surface area contributed by atoms with Gasteiger partial charge >= 0.3 is 12.3 Å². The third kappa shape index (κ3) is 4.77. The molecule has 0 N–H and O–H groups in total. The molecule has 0 spiro atoms. The number of piperazine rings is 1. The molecule has 0 radical (unpaired) electrons. The Morgan fingerprint density at radius 2 is 1.84 bits per heavy atom. The fraction of sp³-hybridized carbons (Fsp3) is 0.529. The number of ether oxygens (including phenoxy) is 2. The van der Waals surface area contributed by atoms with Crippen molar-refractivity contribution in [1.82, 2.24) is 9.80 Å². The molecule has 31 heavy (non-hydrogen) atoms. The highest BCUT2D eigenvalue weighted by Gasteiger charge is 2.53. The number of nitro benzene ring substituents is 1. The van der Waals surface area contributed by atoms with Crippen LogP contribution in [0.4, 0.5) is 29.3 Å². The molecule has 2 heterocycles. The molecule has 3 rings (SSSR count). The van der Waals surface area contributed by atoms with Crippen LogP contribution in [0, 0.1) is 10.1 Å². The maximum atomic E-state index is 13.6. The van der Waals surface area contributed by atoms with Crippen molar-refractivity contribution >= 4 is 35.0 Å². The minimum atomic E-state index is -4.83. The Morgan fingerprint density at radius 1 is 1.23 bits per heavy atom. The van der Waals surface area contributed by atoms with Crippen molar-refractivity contribution in [3.05, 3.63) is 33.3 Å². The van der Waals surface area contributed by atoms with Gasteiger partial charge in [0.1, 0.15) is 5.02 Å². The quantitative estimate of drug-likeness (QED) is 0.497. The van der Waals surface area contributed by atoms with Crippen molar-refractivity contribution in [2.24, 2.45) is 0 Å². The van der Waals surface area contributed by atoms with Gasteiger partial charge in [0.2, 0.25) is 6.23 Å². The van der Waals surface area contributed by atoms with Gasteiger partial charge in [-0.15, -0.1) is 0 Å².